The Bertz CT molecular complexity index is 692. The Balaban J connectivity index is 1.82. The first-order valence-electron chi connectivity index (χ1n) is 5.17. The van der Waals surface area contributed by atoms with E-state index in [4.69, 9.17) is 11.6 Å². The number of thiophene rings is 1. The summed E-state index contributed by atoms with van der Waals surface area (Å²) < 4.78 is 1.04. The van der Waals surface area contributed by atoms with Crippen LogP contribution in [0.15, 0.2) is 21.2 Å². The smallest absolute Gasteiger partial charge is 0.150 e. The number of rotatable bonds is 3. The average molecular weight is 314 g/mol. The molecule has 3 aromatic rings. The first-order valence-corrected chi connectivity index (χ1v) is 8.29. The molecule has 0 aromatic carbocycles. The summed E-state index contributed by atoms with van der Waals surface area (Å²) in [5, 5.41) is 5.48. The Hall–Kier alpha value is -0.690. The lowest BCUT2D eigenvalue weighted by atomic mass is 10.4. The molecule has 3 aromatic heterocycles. The van der Waals surface area contributed by atoms with Gasteiger partial charge in [-0.1, -0.05) is 23.4 Å². The molecule has 0 saturated carbocycles. The van der Waals surface area contributed by atoms with Gasteiger partial charge in [0.05, 0.1) is 5.75 Å². The van der Waals surface area contributed by atoms with Crippen molar-refractivity contribution in [1.82, 2.24) is 15.0 Å². The molecule has 0 amide bonds. The lowest BCUT2D eigenvalue weighted by Crippen LogP contribution is -1.92. The van der Waals surface area contributed by atoms with Crippen molar-refractivity contribution in [3.8, 4) is 0 Å². The first-order chi connectivity index (χ1) is 8.72. The number of nitrogens with zero attached hydrogens (tertiary/aromatic N) is 3. The third kappa shape index (κ3) is 2.51. The molecule has 18 heavy (non-hydrogen) atoms. The third-order valence-corrected chi connectivity index (χ3v) is 5.48. The van der Waals surface area contributed by atoms with Gasteiger partial charge in [0.1, 0.15) is 15.8 Å². The van der Waals surface area contributed by atoms with Crippen molar-refractivity contribution < 1.29 is 0 Å². The second-order valence-electron chi connectivity index (χ2n) is 3.61. The van der Waals surface area contributed by atoms with Crippen molar-refractivity contribution in [2.45, 2.75) is 17.0 Å². The van der Waals surface area contributed by atoms with Crippen LogP contribution in [-0.4, -0.2) is 15.0 Å². The average Bonchev–Trinajstić information content (AvgIpc) is 2.95. The number of hydrogen-bond donors (Lipinski definition) is 0. The number of halogens is 1. The maximum absolute atomic E-state index is 6.12. The summed E-state index contributed by atoms with van der Waals surface area (Å²) in [5.41, 5.74) is 1.05. The summed E-state index contributed by atoms with van der Waals surface area (Å²) in [6, 6.07) is 1.95. The molecule has 0 spiro atoms. The van der Waals surface area contributed by atoms with Crippen LogP contribution < -0.4 is 0 Å². The Morgan fingerprint density at radius 2 is 2.17 bits per heavy atom. The molecule has 0 saturated heterocycles. The molecule has 92 valence electrons. The summed E-state index contributed by atoms with van der Waals surface area (Å²) in [7, 11) is 0. The van der Waals surface area contributed by atoms with Crippen molar-refractivity contribution in [3.63, 3.8) is 0 Å². The van der Waals surface area contributed by atoms with E-state index in [2.05, 4.69) is 15.0 Å². The van der Waals surface area contributed by atoms with Gasteiger partial charge in [0, 0.05) is 16.5 Å². The van der Waals surface area contributed by atoms with Gasteiger partial charge >= 0.3 is 0 Å². The molecule has 0 aliphatic rings. The maximum atomic E-state index is 6.12. The molecule has 3 heterocycles. The number of aryl methyl sites for hydroxylation is 1. The van der Waals surface area contributed by atoms with Gasteiger partial charge in [-0.3, -0.25) is 0 Å². The van der Waals surface area contributed by atoms with Gasteiger partial charge in [0.25, 0.3) is 0 Å². The van der Waals surface area contributed by atoms with Crippen molar-refractivity contribution in [2.24, 2.45) is 0 Å². The summed E-state index contributed by atoms with van der Waals surface area (Å²) in [5.74, 6) is 1.45. The second kappa shape index (κ2) is 5.13. The highest BCUT2D eigenvalue weighted by Gasteiger charge is 2.08. The molecule has 0 bridgehead atoms. The monoisotopic (exact) mass is 313 g/mol. The van der Waals surface area contributed by atoms with Crippen molar-refractivity contribution in [2.75, 3.05) is 0 Å². The van der Waals surface area contributed by atoms with E-state index in [9.17, 15) is 0 Å². The zero-order valence-corrected chi connectivity index (χ0v) is 12.6. The van der Waals surface area contributed by atoms with Crippen molar-refractivity contribution in [1.29, 1.82) is 0 Å². The van der Waals surface area contributed by atoms with Gasteiger partial charge < -0.3 is 0 Å². The van der Waals surface area contributed by atoms with Crippen LogP contribution in [0.3, 0.4) is 0 Å². The Morgan fingerprint density at radius 3 is 2.94 bits per heavy atom. The fourth-order valence-electron chi connectivity index (χ4n) is 1.45. The van der Waals surface area contributed by atoms with Crippen LogP contribution in [0.2, 0.25) is 5.15 Å². The Kier molecular flexibility index (Phi) is 3.52. The third-order valence-electron chi connectivity index (χ3n) is 2.25. The first kappa shape index (κ1) is 12.3. The van der Waals surface area contributed by atoms with E-state index in [1.165, 1.54) is 0 Å². The van der Waals surface area contributed by atoms with Gasteiger partial charge in [-0.05, 0) is 18.4 Å². The van der Waals surface area contributed by atoms with E-state index in [0.717, 1.165) is 26.1 Å². The topological polar surface area (TPSA) is 38.7 Å². The highest BCUT2D eigenvalue weighted by Crippen LogP contribution is 2.28. The molecule has 3 rings (SSSR count). The molecular weight excluding hydrogens is 306 g/mol. The number of fused-ring (bicyclic) bond motifs is 1. The molecule has 0 fully saturated rings. The lowest BCUT2D eigenvalue weighted by Gasteiger charge is -1.99. The van der Waals surface area contributed by atoms with Gasteiger partial charge in [0.2, 0.25) is 0 Å². The fourth-order valence-corrected chi connectivity index (χ4v) is 4.24. The molecule has 0 aliphatic carbocycles. The summed E-state index contributed by atoms with van der Waals surface area (Å²) in [6.07, 6.45) is 0. The number of hydrogen-bond acceptors (Lipinski definition) is 6. The minimum absolute atomic E-state index is 0.534. The molecule has 7 heteroatoms. The highest BCUT2D eigenvalue weighted by atomic mass is 35.5. The van der Waals surface area contributed by atoms with E-state index in [0.29, 0.717) is 10.9 Å². The molecule has 0 radical (unpaired) electrons. The van der Waals surface area contributed by atoms with E-state index in [1.807, 2.05) is 23.8 Å². The molecule has 3 nitrogen and oxygen atoms in total. The van der Waals surface area contributed by atoms with E-state index >= 15 is 0 Å². The molecule has 0 atom stereocenters. The van der Waals surface area contributed by atoms with E-state index in [1.54, 1.807) is 34.4 Å². The van der Waals surface area contributed by atoms with Crippen LogP contribution in [0.1, 0.15) is 11.5 Å². The van der Waals surface area contributed by atoms with Crippen LogP contribution in [0.4, 0.5) is 0 Å². The summed E-state index contributed by atoms with van der Waals surface area (Å²) in [6.45, 7) is 1.99. The van der Waals surface area contributed by atoms with Crippen LogP contribution in [0.5, 0.6) is 0 Å². The van der Waals surface area contributed by atoms with Crippen molar-refractivity contribution >= 4 is 56.3 Å². The number of thiazole rings is 1. The zero-order chi connectivity index (χ0) is 12.5. The summed E-state index contributed by atoms with van der Waals surface area (Å²) >= 11 is 11.0. The van der Waals surface area contributed by atoms with Gasteiger partial charge in [-0.25, -0.2) is 15.0 Å². The fraction of sp³-hybridized carbons (Fsp3) is 0.182. The minimum Gasteiger partial charge on any atom is -0.235 e. The standard InChI is InChI=1S/C11H8ClN3S3/c1-6-4-17-11(13-6)18-5-8-14-9(12)7-2-3-16-10(7)15-8/h2-4H,5H2,1H3. The number of thioether (sulfide) groups is 1. The quantitative estimate of drug-likeness (QED) is 0.530. The molecule has 0 N–H and O–H groups in total. The van der Waals surface area contributed by atoms with Gasteiger partial charge in [-0.2, -0.15) is 0 Å². The minimum atomic E-state index is 0.534. The Labute approximate surface area is 121 Å². The van der Waals surface area contributed by atoms with Crippen LogP contribution in [0.25, 0.3) is 10.2 Å². The predicted molar refractivity (Wildman–Crippen MR) is 78.8 cm³/mol. The second-order valence-corrected chi connectivity index (χ2v) is 6.95. The SMILES string of the molecule is Cc1csc(SCc2nc(Cl)c3ccsc3n2)n1. The predicted octanol–water partition coefficient (Wildman–Crippen LogP) is 4.40. The van der Waals surface area contributed by atoms with Crippen LogP contribution >= 0.6 is 46.0 Å². The molecule has 0 unspecified atom stereocenters. The van der Waals surface area contributed by atoms with Crippen LogP contribution in [-0.2, 0) is 5.75 Å². The van der Waals surface area contributed by atoms with E-state index in [-0.39, 0.29) is 0 Å². The van der Waals surface area contributed by atoms with Crippen molar-refractivity contribution in [3.05, 3.63) is 33.5 Å². The lowest BCUT2D eigenvalue weighted by molar-refractivity contribution is 1.07. The summed E-state index contributed by atoms with van der Waals surface area (Å²) in [4.78, 5) is 14.2. The Morgan fingerprint density at radius 1 is 1.28 bits per heavy atom. The number of aromatic nitrogens is 3. The maximum Gasteiger partial charge on any atom is 0.150 e. The molecular formula is C11H8ClN3S3. The van der Waals surface area contributed by atoms with Gasteiger partial charge in [-0.15, -0.1) is 22.7 Å². The van der Waals surface area contributed by atoms with Crippen LogP contribution in [0, 0.1) is 6.92 Å². The molecule has 0 aliphatic heterocycles. The zero-order valence-electron chi connectivity index (χ0n) is 9.38. The van der Waals surface area contributed by atoms with Gasteiger partial charge in [0.15, 0.2) is 4.34 Å². The van der Waals surface area contributed by atoms with E-state index < -0.39 is 0 Å². The highest BCUT2D eigenvalue weighted by molar-refractivity contribution is 8.00. The largest absolute Gasteiger partial charge is 0.235 e. The normalized spacial score (nSPS) is 11.2.